The maximum atomic E-state index is 10.7. The van der Waals surface area contributed by atoms with E-state index in [1.807, 2.05) is 6.92 Å². The van der Waals surface area contributed by atoms with Crippen molar-refractivity contribution in [3.63, 3.8) is 0 Å². The molecule has 0 aromatic carbocycles. The average Bonchev–Trinajstić information content (AvgIpc) is 2.32. The molecule has 0 aromatic heterocycles. The first-order valence-corrected chi connectivity index (χ1v) is 3.86. The number of hydrogen-bond donors (Lipinski definition) is 2. The predicted molar refractivity (Wildman–Crippen MR) is 39.2 cm³/mol. The zero-order chi connectivity index (χ0) is 8.27. The molecular formula is C7H13NO3. The number of nitrogens with one attached hydrogen (secondary N) is 1. The van der Waals surface area contributed by atoms with E-state index in [0.29, 0.717) is 0 Å². The first-order valence-electron chi connectivity index (χ1n) is 3.86. The summed E-state index contributed by atoms with van der Waals surface area (Å²) in [5.41, 5.74) is 0. The van der Waals surface area contributed by atoms with Crippen LogP contribution in [0.4, 0.5) is 4.79 Å². The summed E-state index contributed by atoms with van der Waals surface area (Å²) in [6.45, 7) is 1.97. The Morgan fingerprint density at radius 2 is 2.45 bits per heavy atom. The van der Waals surface area contributed by atoms with Gasteiger partial charge in [-0.05, 0) is 6.42 Å². The minimum Gasteiger partial charge on any atom is -0.444 e. The minimum absolute atomic E-state index is 0.0452. The molecule has 1 fully saturated rings. The molecule has 1 aliphatic rings. The third kappa shape index (κ3) is 1.83. The lowest BCUT2D eigenvalue weighted by atomic mass is 10.1. The second-order valence-electron chi connectivity index (χ2n) is 2.67. The smallest absolute Gasteiger partial charge is 0.407 e. The van der Waals surface area contributed by atoms with Crippen molar-refractivity contribution in [3.05, 3.63) is 0 Å². The van der Waals surface area contributed by atoms with E-state index < -0.39 is 6.09 Å². The predicted octanol–water partition coefficient (Wildman–Crippen LogP) is 0.256. The van der Waals surface area contributed by atoms with Crippen molar-refractivity contribution in [2.24, 2.45) is 0 Å². The molecular weight excluding hydrogens is 146 g/mol. The number of hydrogen-bond acceptors (Lipinski definition) is 3. The number of cyclic esters (lactones) is 1. The van der Waals surface area contributed by atoms with E-state index in [1.165, 1.54) is 0 Å². The number of carbonyl (C=O) groups excluding carboxylic acids is 1. The summed E-state index contributed by atoms with van der Waals surface area (Å²) in [6.07, 6.45) is 1.21. The molecule has 0 spiro atoms. The van der Waals surface area contributed by atoms with E-state index in [4.69, 9.17) is 9.84 Å². The largest absolute Gasteiger partial charge is 0.444 e. The van der Waals surface area contributed by atoms with Gasteiger partial charge < -0.3 is 15.2 Å². The number of ether oxygens (including phenoxy) is 1. The molecule has 0 saturated carbocycles. The number of rotatable bonds is 3. The fourth-order valence-corrected chi connectivity index (χ4v) is 1.21. The second kappa shape index (κ2) is 3.57. The van der Waals surface area contributed by atoms with Crippen LogP contribution < -0.4 is 5.32 Å². The molecule has 2 unspecified atom stereocenters. The van der Waals surface area contributed by atoms with Crippen molar-refractivity contribution >= 4 is 6.09 Å². The van der Waals surface area contributed by atoms with Crippen LogP contribution in [0.3, 0.4) is 0 Å². The van der Waals surface area contributed by atoms with Gasteiger partial charge in [-0.3, -0.25) is 0 Å². The van der Waals surface area contributed by atoms with Gasteiger partial charge in [0.15, 0.2) is 0 Å². The SMILES string of the molecule is CCCC1OC(=O)NC1CO. The van der Waals surface area contributed by atoms with E-state index in [2.05, 4.69) is 5.32 Å². The molecule has 0 aliphatic carbocycles. The lowest BCUT2D eigenvalue weighted by molar-refractivity contribution is 0.112. The zero-order valence-corrected chi connectivity index (χ0v) is 6.54. The Kier molecular flexibility index (Phi) is 2.70. The molecule has 4 heteroatoms. The third-order valence-electron chi connectivity index (χ3n) is 1.78. The van der Waals surface area contributed by atoms with Crippen LogP contribution in [0.25, 0.3) is 0 Å². The molecule has 0 bridgehead atoms. The summed E-state index contributed by atoms with van der Waals surface area (Å²) in [7, 11) is 0. The number of aliphatic hydroxyl groups excluding tert-OH is 1. The third-order valence-corrected chi connectivity index (χ3v) is 1.78. The summed E-state index contributed by atoms with van der Waals surface area (Å²) in [6, 6.07) is -0.206. The number of carbonyl (C=O) groups is 1. The van der Waals surface area contributed by atoms with E-state index in [0.717, 1.165) is 12.8 Å². The van der Waals surface area contributed by atoms with Gasteiger partial charge in [-0.15, -0.1) is 0 Å². The van der Waals surface area contributed by atoms with Gasteiger partial charge in [0, 0.05) is 0 Å². The summed E-state index contributed by atoms with van der Waals surface area (Å²) in [4.78, 5) is 10.7. The van der Waals surface area contributed by atoms with Gasteiger partial charge in [-0.1, -0.05) is 13.3 Å². The Morgan fingerprint density at radius 1 is 1.73 bits per heavy atom. The summed E-state index contributed by atoms with van der Waals surface area (Å²) in [5.74, 6) is 0. The second-order valence-corrected chi connectivity index (χ2v) is 2.67. The minimum atomic E-state index is -0.414. The van der Waals surface area contributed by atoms with Gasteiger partial charge >= 0.3 is 6.09 Å². The van der Waals surface area contributed by atoms with Crippen molar-refractivity contribution in [2.75, 3.05) is 6.61 Å². The number of alkyl carbamates (subject to hydrolysis) is 1. The van der Waals surface area contributed by atoms with Crippen molar-refractivity contribution in [1.82, 2.24) is 5.32 Å². The topological polar surface area (TPSA) is 58.6 Å². The molecule has 1 amide bonds. The Bertz CT molecular complexity index is 149. The molecule has 2 N–H and O–H groups in total. The van der Waals surface area contributed by atoms with Crippen LogP contribution in [0.5, 0.6) is 0 Å². The van der Waals surface area contributed by atoms with Crippen LogP contribution in [-0.4, -0.2) is 30.0 Å². The molecule has 2 atom stereocenters. The first kappa shape index (κ1) is 8.33. The highest BCUT2D eigenvalue weighted by atomic mass is 16.6. The van der Waals surface area contributed by atoms with Crippen molar-refractivity contribution in [2.45, 2.75) is 31.9 Å². The Hall–Kier alpha value is -0.770. The van der Waals surface area contributed by atoms with Gasteiger partial charge in [0.05, 0.1) is 12.6 Å². The lowest BCUT2D eigenvalue weighted by Crippen LogP contribution is -2.34. The standard InChI is InChI=1S/C7H13NO3/c1-2-3-6-5(4-9)8-7(10)11-6/h5-6,9H,2-4H2,1H3,(H,8,10). The molecule has 1 rings (SSSR count). The summed E-state index contributed by atoms with van der Waals surface area (Å²) < 4.78 is 4.90. The maximum Gasteiger partial charge on any atom is 0.407 e. The number of aliphatic hydroxyl groups is 1. The molecule has 11 heavy (non-hydrogen) atoms. The van der Waals surface area contributed by atoms with Gasteiger partial charge in [0.25, 0.3) is 0 Å². The van der Waals surface area contributed by atoms with E-state index in [1.54, 1.807) is 0 Å². The first-order chi connectivity index (χ1) is 5.27. The fraction of sp³-hybridized carbons (Fsp3) is 0.857. The summed E-state index contributed by atoms with van der Waals surface area (Å²) >= 11 is 0. The molecule has 1 aliphatic heterocycles. The normalized spacial score (nSPS) is 29.8. The Balaban J connectivity index is 2.43. The monoisotopic (exact) mass is 159 g/mol. The van der Waals surface area contributed by atoms with Gasteiger partial charge in [-0.2, -0.15) is 0 Å². The Morgan fingerprint density at radius 3 is 3.00 bits per heavy atom. The van der Waals surface area contributed by atoms with Crippen LogP contribution in [0, 0.1) is 0 Å². The average molecular weight is 159 g/mol. The van der Waals surface area contributed by atoms with E-state index >= 15 is 0 Å². The molecule has 1 heterocycles. The van der Waals surface area contributed by atoms with Crippen LogP contribution in [0.2, 0.25) is 0 Å². The van der Waals surface area contributed by atoms with Crippen molar-refractivity contribution in [3.8, 4) is 0 Å². The van der Waals surface area contributed by atoms with Gasteiger partial charge in [-0.25, -0.2) is 4.79 Å². The van der Waals surface area contributed by atoms with Crippen LogP contribution in [-0.2, 0) is 4.74 Å². The highest BCUT2D eigenvalue weighted by Crippen LogP contribution is 2.13. The maximum absolute atomic E-state index is 10.7. The van der Waals surface area contributed by atoms with Crippen molar-refractivity contribution < 1.29 is 14.6 Å². The van der Waals surface area contributed by atoms with E-state index in [-0.39, 0.29) is 18.8 Å². The van der Waals surface area contributed by atoms with Crippen molar-refractivity contribution in [1.29, 1.82) is 0 Å². The number of amides is 1. The highest BCUT2D eigenvalue weighted by molar-refractivity contribution is 5.70. The fourth-order valence-electron chi connectivity index (χ4n) is 1.21. The van der Waals surface area contributed by atoms with Crippen LogP contribution >= 0.6 is 0 Å². The van der Waals surface area contributed by atoms with Crippen LogP contribution in [0.1, 0.15) is 19.8 Å². The molecule has 0 radical (unpaired) electrons. The zero-order valence-electron chi connectivity index (χ0n) is 6.54. The quantitative estimate of drug-likeness (QED) is 0.620. The van der Waals surface area contributed by atoms with Crippen LogP contribution in [0.15, 0.2) is 0 Å². The molecule has 0 aromatic rings. The van der Waals surface area contributed by atoms with Gasteiger partial charge in [0.2, 0.25) is 0 Å². The molecule has 1 saturated heterocycles. The highest BCUT2D eigenvalue weighted by Gasteiger charge is 2.32. The summed E-state index contributed by atoms with van der Waals surface area (Å²) in [5, 5.41) is 11.3. The molecule has 64 valence electrons. The molecule has 4 nitrogen and oxygen atoms in total. The Labute approximate surface area is 65.5 Å². The lowest BCUT2D eigenvalue weighted by Gasteiger charge is -2.12. The van der Waals surface area contributed by atoms with Gasteiger partial charge in [0.1, 0.15) is 6.10 Å². The van der Waals surface area contributed by atoms with E-state index in [9.17, 15) is 4.79 Å².